The van der Waals surface area contributed by atoms with Gasteiger partial charge in [0.05, 0.1) is 12.9 Å². The van der Waals surface area contributed by atoms with Crippen LogP contribution in [0.15, 0.2) is 24.3 Å². The molecule has 0 aliphatic carbocycles. The van der Waals surface area contributed by atoms with Crippen LogP contribution in [0.3, 0.4) is 0 Å². The van der Waals surface area contributed by atoms with E-state index >= 15 is 0 Å². The molecule has 0 saturated carbocycles. The predicted octanol–water partition coefficient (Wildman–Crippen LogP) is 0.692. The lowest BCUT2D eigenvalue weighted by Crippen LogP contribution is -2.44. The molecule has 0 bridgehead atoms. The minimum atomic E-state index is -3.04. The highest BCUT2D eigenvalue weighted by atomic mass is 32.2. The molecule has 20 heavy (non-hydrogen) atoms. The third kappa shape index (κ3) is 4.28. The highest BCUT2D eigenvalue weighted by Gasteiger charge is 2.24. The lowest BCUT2D eigenvalue weighted by Gasteiger charge is -2.30. The number of aliphatic hydroxyl groups excluding tert-OH is 1. The fourth-order valence-corrected chi connectivity index (χ4v) is 3.29. The number of benzene rings is 1. The average Bonchev–Trinajstić information content (AvgIpc) is 2.45. The molecule has 1 fully saturated rings. The number of sulfonamides is 1. The van der Waals surface area contributed by atoms with Crippen LogP contribution in [0.5, 0.6) is 0 Å². The van der Waals surface area contributed by atoms with Gasteiger partial charge in [0.2, 0.25) is 10.0 Å². The van der Waals surface area contributed by atoms with Crippen molar-refractivity contribution >= 4 is 10.0 Å². The van der Waals surface area contributed by atoms with Crippen LogP contribution in [0.2, 0.25) is 0 Å². The summed E-state index contributed by atoms with van der Waals surface area (Å²) >= 11 is 0. The van der Waals surface area contributed by atoms with Gasteiger partial charge < -0.3 is 10.4 Å². The molecule has 5 nitrogen and oxygen atoms in total. The molecule has 1 saturated heterocycles. The summed E-state index contributed by atoms with van der Waals surface area (Å²) in [6.45, 7) is 2.03. The van der Waals surface area contributed by atoms with Gasteiger partial charge in [0.1, 0.15) is 0 Å². The molecule has 0 spiro atoms. The van der Waals surface area contributed by atoms with Crippen LogP contribution in [0.4, 0.5) is 0 Å². The zero-order valence-electron chi connectivity index (χ0n) is 11.7. The standard InChI is InChI=1S/C14H22N2O3S/c1-20(18,19)16-8-6-14(7-9-16)15-10-12-2-4-13(11-17)5-3-12/h2-5,14-15,17H,6-11H2,1H3. The maximum absolute atomic E-state index is 11.4. The van der Waals surface area contributed by atoms with E-state index in [0.29, 0.717) is 19.1 Å². The lowest BCUT2D eigenvalue weighted by molar-refractivity contribution is 0.281. The number of hydrogen-bond acceptors (Lipinski definition) is 4. The molecule has 112 valence electrons. The van der Waals surface area contributed by atoms with E-state index in [2.05, 4.69) is 5.32 Å². The van der Waals surface area contributed by atoms with Crippen molar-refractivity contribution in [3.05, 3.63) is 35.4 Å². The minimum absolute atomic E-state index is 0.0671. The quantitative estimate of drug-likeness (QED) is 0.839. The molecule has 2 N–H and O–H groups in total. The van der Waals surface area contributed by atoms with Crippen molar-refractivity contribution in [2.24, 2.45) is 0 Å². The van der Waals surface area contributed by atoms with Gasteiger partial charge in [-0.1, -0.05) is 24.3 Å². The van der Waals surface area contributed by atoms with Crippen molar-refractivity contribution in [3.63, 3.8) is 0 Å². The van der Waals surface area contributed by atoms with E-state index in [0.717, 1.165) is 24.9 Å². The molecule has 1 heterocycles. The predicted molar refractivity (Wildman–Crippen MR) is 78.6 cm³/mol. The van der Waals surface area contributed by atoms with Gasteiger partial charge in [-0.25, -0.2) is 12.7 Å². The average molecular weight is 298 g/mol. The van der Waals surface area contributed by atoms with Gasteiger partial charge in [0, 0.05) is 25.7 Å². The largest absolute Gasteiger partial charge is 0.392 e. The Bertz CT molecular complexity index is 520. The van der Waals surface area contributed by atoms with E-state index in [1.54, 1.807) is 4.31 Å². The molecule has 1 aliphatic heterocycles. The van der Waals surface area contributed by atoms with Gasteiger partial charge in [0.15, 0.2) is 0 Å². The lowest BCUT2D eigenvalue weighted by atomic mass is 10.1. The molecule has 0 radical (unpaired) electrons. The van der Waals surface area contributed by atoms with Gasteiger partial charge in [-0.15, -0.1) is 0 Å². The van der Waals surface area contributed by atoms with Crippen LogP contribution in [0.1, 0.15) is 24.0 Å². The number of aliphatic hydroxyl groups is 1. The Kier molecular flexibility index (Phi) is 5.15. The third-order valence-corrected chi connectivity index (χ3v) is 5.03. The highest BCUT2D eigenvalue weighted by Crippen LogP contribution is 2.14. The first-order chi connectivity index (χ1) is 9.49. The molecule has 0 unspecified atom stereocenters. The smallest absolute Gasteiger partial charge is 0.211 e. The van der Waals surface area contributed by atoms with Crippen molar-refractivity contribution in [3.8, 4) is 0 Å². The van der Waals surface area contributed by atoms with Crippen LogP contribution in [0.25, 0.3) is 0 Å². The zero-order chi connectivity index (χ0) is 14.6. The van der Waals surface area contributed by atoms with Gasteiger partial charge in [-0.2, -0.15) is 0 Å². The summed E-state index contributed by atoms with van der Waals surface area (Å²) in [6.07, 6.45) is 2.97. The second kappa shape index (κ2) is 6.67. The van der Waals surface area contributed by atoms with Gasteiger partial charge in [-0.05, 0) is 24.0 Å². The monoisotopic (exact) mass is 298 g/mol. The molecule has 2 rings (SSSR count). The summed E-state index contributed by atoms with van der Waals surface area (Å²) in [5.41, 5.74) is 2.09. The van der Waals surface area contributed by atoms with Crippen molar-refractivity contribution in [2.45, 2.75) is 32.0 Å². The van der Waals surface area contributed by atoms with Crippen LogP contribution in [0, 0.1) is 0 Å². The summed E-state index contributed by atoms with van der Waals surface area (Å²) in [5.74, 6) is 0. The summed E-state index contributed by atoms with van der Waals surface area (Å²) in [5, 5.41) is 12.4. The van der Waals surface area contributed by atoms with E-state index in [1.807, 2.05) is 24.3 Å². The number of rotatable bonds is 5. The van der Waals surface area contributed by atoms with Crippen molar-refractivity contribution in [1.82, 2.24) is 9.62 Å². The topological polar surface area (TPSA) is 69.6 Å². The summed E-state index contributed by atoms with van der Waals surface area (Å²) in [7, 11) is -3.04. The van der Waals surface area contributed by atoms with Crippen LogP contribution < -0.4 is 5.32 Å². The van der Waals surface area contributed by atoms with Crippen LogP contribution >= 0.6 is 0 Å². The molecule has 0 amide bonds. The van der Waals surface area contributed by atoms with Crippen LogP contribution in [-0.4, -0.2) is 43.2 Å². The van der Waals surface area contributed by atoms with Gasteiger partial charge >= 0.3 is 0 Å². The summed E-state index contributed by atoms with van der Waals surface area (Å²) in [4.78, 5) is 0. The number of nitrogens with one attached hydrogen (secondary N) is 1. The van der Waals surface area contributed by atoms with E-state index in [4.69, 9.17) is 5.11 Å². The highest BCUT2D eigenvalue weighted by molar-refractivity contribution is 7.88. The Balaban J connectivity index is 1.78. The normalized spacial score (nSPS) is 18.3. The molecule has 1 aliphatic rings. The molecular formula is C14H22N2O3S. The fourth-order valence-electron chi connectivity index (χ4n) is 2.42. The third-order valence-electron chi connectivity index (χ3n) is 3.72. The maximum Gasteiger partial charge on any atom is 0.211 e. The zero-order valence-corrected chi connectivity index (χ0v) is 12.6. The molecule has 0 atom stereocenters. The van der Waals surface area contributed by atoms with Crippen molar-refractivity contribution < 1.29 is 13.5 Å². The minimum Gasteiger partial charge on any atom is -0.392 e. The van der Waals surface area contributed by atoms with Gasteiger partial charge in [-0.3, -0.25) is 0 Å². The van der Waals surface area contributed by atoms with Gasteiger partial charge in [0.25, 0.3) is 0 Å². The second-order valence-electron chi connectivity index (χ2n) is 5.29. The van der Waals surface area contributed by atoms with Crippen molar-refractivity contribution in [2.75, 3.05) is 19.3 Å². The van der Waals surface area contributed by atoms with E-state index in [9.17, 15) is 8.42 Å². The maximum atomic E-state index is 11.4. The van der Waals surface area contributed by atoms with E-state index in [-0.39, 0.29) is 6.61 Å². The van der Waals surface area contributed by atoms with E-state index < -0.39 is 10.0 Å². The molecular weight excluding hydrogens is 276 g/mol. The van der Waals surface area contributed by atoms with E-state index in [1.165, 1.54) is 11.8 Å². The molecule has 0 aromatic heterocycles. The SMILES string of the molecule is CS(=O)(=O)N1CCC(NCc2ccc(CO)cc2)CC1. The Morgan fingerprint density at radius 1 is 1.20 bits per heavy atom. The first-order valence-electron chi connectivity index (χ1n) is 6.86. The fraction of sp³-hybridized carbons (Fsp3) is 0.571. The first-order valence-corrected chi connectivity index (χ1v) is 8.71. The molecule has 1 aromatic carbocycles. The summed E-state index contributed by atoms with van der Waals surface area (Å²) in [6, 6.07) is 8.21. The summed E-state index contributed by atoms with van der Waals surface area (Å²) < 4.78 is 24.4. The number of hydrogen-bond donors (Lipinski definition) is 2. The Morgan fingerprint density at radius 2 is 1.75 bits per heavy atom. The number of nitrogens with zero attached hydrogens (tertiary/aromatic N) is 1. The van der Waals surface area contributed by atoms with Crippen molar-refractivity contribution in [1.29, 1.82) is 0 Å². The second-order valence-corrected chi connectivity index (χ2v) is 7.27. The first kappa shape index (κ1) is 15.4. The number of piperidine rings is 1. The Hall–Kier alpha value is -0.950. The Labute approximate surface area is 120 Å². The van der Waals surface area contributed by atoms with Crippen LogP contribution in [-0.2, 0) is 23.2 Å². The molecule has 6 heteroatoms. The Morgan fingerprint density at radius 3 is 2.25 bits per heavy atom. The molecule has 1 aromatic rings.